The molecule has 1 aromatic carbocycles. The summed E-state index contributed by atoms with van der Waals surface area (Å²) in [6.45, 7) is 1.99. The lowest BCUT2D eigenvalue weighted by atomic mass is 10.0. The van der Waals surface area contributed by atoms with Crippen molar-refractivity contribution in [1.29, 1.82) is 0 Å². The standard InChI is InChI=1S/C14H12N2O2S/c1-8-5-9(3-4-11(8)18-2)10-6-19-14-12(10)13(17)15-7-16-14/h3-7H,1-2H3,(H,15,16,17). The number of fused-ring (bicyclic) bond motifs is 1. The molecule has 0 aliphatic carbocycles. The number of benzene rings is 1. The molecule has 96 valence electrons. The van der Waals surface area contributed by atoms with Crippen LogP contribution in [0.25, 0.3) is 21.3 Å². The number of ether oxygens (including phenoxy) is 1. The lowest BCUT2D eigenvalue weighted by Crippen LogP contribution is -2.05. The van der Waals surface area contributed by atoms with Crippen molar-refractivity contribution in [2.45, 2.75) is 6.92 Å². The minimum absolute atomic E-state index is 0.102. The minimum Gasteiger partial charge on any atom is -0.496 e. The second-order valence-electron chi connectivity index (χ2n) is 4.25. The summed E-state index contributed by atoms with van der Waals surface area (Å²) in [5.74, 6) is 0.843. The monoisotopic (exact) mass is 272 g/mol. The van der Waals surface area contributed by atoms with Crippen LogP contribution in [0.3, 0.4) is 0 Å². The molecule has 3 rings (SSSR count). The predicted octanol–water partition coefficient (Wildman–Crippen LogP) is 2.97. The molecule has 0 atom stereocenters. The van der Waals surface area contributed by atoms with Crippen molar-refractivity contribution in [1.82, 2.24) is 9.97 Å². The molecular formula is C14H12N2O2S. The third-order valence-electron chi connectivity index (χ3n) is 3.08. The van der Waals surface area contributed by atoms with Crippen molar-refractivity contribution in [3.05, 3.63) is 45.8 Å². The highest BCUT2D eigenvalue weighted by atomic mass is 32.1. The topological polar surface area (TPSA) is 55.0 Å². The van der Waals surface area contributed by atoms with Gasteiger partial charge in [-0.1, -0.05) is 6.07 Å². The Kier molecular flexibility index (Phi) is 2.83. The fourth-order valence-corrected chi connectivity index (χ4v) is 3.06. The van der Waals surface area contributed by atoms with Crippen LogP contribution < -0.4 is 10.3 Å². The highest BCUT2D eigenvalue weighted by Gasteiger charge is 2.11. The molecule has 0 aliphatic rings. The molecule has 0 saturated carbocycles. The van der Waals surface area contributed by atoms with E-state index in [0.29, 0.717) is 5.39 Å². The first-order chi connectivity index (χ1) is 9.20. The molecular weight excluding hydrogens is 260 g/mol. The smallest absolute Gasteiger partial charge is 0.260 e. The molecule has 0 amide bonds. The number of methoxy groups -OCH3 is 1. The maximum absolute atomic E-state index is 11.9. The van der Waals surface area contributed by atoms with Gasteiger partial charge in [0, 0.05) is 10.9 Å². The number of nitrogens with one attached hydrogen (secondary N) is 1. The van der Waals surface area contributed by atoms with Crippen molar-refractivity contribution in [2.75, 3.05) is 7.11 Å². The summed E-state index contributed by atoms with van der Waals surface area (Å²) < 4.78 is 5.25. The zero-order chi connectivity index (χ0) is 13.4. The van der Waals surface area contributed by atoms with Crippen LogP contribution in [-0.2, 0) is 0 Å². The average molecular weight is 272 g/mol. The molecule has 0 bridgehead atoms. The summed E-state index contributed by atoms with van der Waals surface area (Å²) in [6, 6.07) is 5.89. The van der Waals surface area contributed by atoms with Crippen LogP contribution in [-0.4, -0.2) is 17.1 Å². The molecule has 2 aromatic heterocycles. The van der Waals surface area contributed by atoms with E-state index >= 15 is 0 Å². The zero-order valence-electron chi connectivity index (χ0n) is 10.6. The lowest BCUT2D eigenvalue weighted by molar-refractivity contribution is 0.412. The maximum Gasteiger partial charge on any atom is 0.260 e. The SMILES string of the molecule is COc1ccc(-c2csc3nc[nH]c(=O)c23)cc1C. The highest BCUT2D eigenvalue weighted by Crippen LogP contribution is 2.32. The number of nitrogens with zero attached hydrogens (tertiary/aromatic N) is 1. The summed E-state index contributed by atoms with van der Waals surface area (Å²) in [4.78, 5) is 19.5. The third-order valence-corrected chi connectivity index (χ3v) is 3.97. The molecule has 0 radical (unpaired) electrons. The van der Waals surface area contributed by atoms with Crippen LogP contribution in [0.15, 0.2) is 34.7 Å². The van der Waals surface area contributed by atoms with Gasteiger partial charge in [-0.3, -0.25) is 4.79 Å². The van der Waals surface area contributed by atoms with Gasteiger partial charge < -0.3 is 9.72 Å². The second-order valence-corrected chi connectivity index (χ2v) is 5.10. The number of H-pyrrole nitrogens is 1. The van der Waals surface area contributed by atoms with E-state index in [-0.39, 0.29) is 5.56 Å². The largest absolute Gasteiger partial charge is 0.496 e. The normalized spacial score (nSPS) is 10.8. The quantitative estimate of drug-likeness (QED) is 0.780. The number of hydrogen-bond donors (Lipinski definition) is 1. The number of hydrogen-bond acceptors (Lipinski definition) is 4. The Morgan fingerprint density at radius 2 is 2.21 bits per heavy atom. The van der Waals surface area contributed by atoms with E-state index in [2.05, 4.69) is 9.97 Å². The molecule has 3 aromatic rings. The Morgan fingerprint density at radius 1 is 1.37 bits per heavy atom. The molecule has 4 nitrogen and oxygen atoms in total. The number of aromatic nitrogens is 2. The van der Waals surface area contributed by atoms with Gasteiger partial charge in [0.1, 0.15) is 10.6 Å². The molecule has 5 heteroatoms. The van der Waals surface area contributed by atoms with E-state index in [1.54, 1.807) is 7.11 Å². The van der Waals surface area contributed by atoms with Gasteiger partial charge in [0.25, 0.3) is 5.56 Å². The first-order valence-electron chi connectivity index (χ1n) is 5.80. The Bertz CT molecular complexity index is 805. The molecule has 0 aliphatic heterocycles. The molecule has 0 unspecified atom stereocenters. The first-order valence-corrected chi connectivity index (χ1v) is 6.68. The van der Waals surface area contributed by atoms with Crippen molar-refractivity contribution in [3.8, 4) is 16.9 Å². The Labute approximate surface area is 113 Å². The minimum atomic E-state index is -0.102. The molecule has 19 heavy (non-hydrogen) atoms. The number of rotatable bonds is 2. The van der Waals surface area contributed by atoms with Crippen LogP contribution in [0.5, 0.6) is 5.75 Å². The fourth-order valence-electron chi connectivity index (χ4n) is 2.14. The van der Waals surface area contributed by atoms with Gasteiger partial charge in [-0.15, -0.1) is 11.3 Å². The van der Waals surface area contributed by atoms with Gasteiger partial charge >= 0.3 is 0 Å². The molecule has 0 fully saturated rings. The van der Waals surface area contributed by atoms with Gasteiger partial charge in [0.05, 0.1) is 18.8 Å². The molecule has 0 saturated heterocycles. The van der Waals surface area contributed by atoms with E-state index < -0.39 is 0 Å². The lowest BCUT2D eigenvalue weighted by Gasteiger charge is -2.06. The summed E-state index contributed by atoms with van der Waals surface area (Å²) >= 11 is 1.48. The Hall–Kier alpha value is -2.14. The second kappa shape index (κ2) is 4.51. The molecule has 0 spiro atoms. The van der Waals surface area contributed by atoms with Crippen LogP contribution in [0.4, 0.5) is 0 Å². The molecule has 1 N–H and O–H groups in total. The summed E-state index contributed by atoms with van der Waals surface area (Å²) in [6.07, 6.45) is 1.43. The van der Waals surface area contributed by atoms with Crippen molar-refractivity contribution >= 4 is 21.6 Å². The van der Waals surface area contributed by atoms with E-state index in [9.17, 15) is 4.79 Å². The maximum atomic E-state index is 11.9. The van der Waals surface area contributed by atoms with Crippen LogP contribution in [0.1, 0.15) is 5.56 Å². The van der Waals surface area contributed by atoms with Crippen molar-refractivity contribution < 1.29 is 4.74 Å². The van der Waals surface area contributed by atoms with Gasteiger partial charge in [-0.25, -0.2) is 4.98 Å². The van der Waals surface area contributed by atoms with E-state index in [0.717, 1.165) is 27.3 Å². The summed E-state index contributed by atoms with van der Waals surface area (Å²) in [5.41, 5.74) is 2.86. The van der Waals surface area contributed by atoms with Gasteiger partial charge in [-0.2, -0.15) is 0 Å². The van der Waals surface area contributed by atoms with E-state index in [1.165, 1.54) is 17.7 Å². The zero-order valence-corrected chi connectivity index (χ0v) is 11.4. The van der Waals surface area contributed by atoms with Crippen molar-refractivity contribution in [3.63, 3.8) is 0 Å². The predicted molar refractivity (Wildman–Crippen MR) is 77.0 cm³/mol. The van der Waals surface area contributed by atoms with Gasteiger partial charge in [0.2, 0.25) is 0 Å². The van der Waals surface area contributed by atoms with E-state index in [1.807, 2.05) is 30.5 Å². The fraction of sp³-hybridized carbons (Fsp3) is 0.143. The summed E-state index contributed by atoms with van der Waals surface area (Å²) in [7, 11) is 1.65. The van der Waals surface area contributed by atoms with Crippen molar-refractivity contribution in [2.24, 2.45) is 0 Å². The summed E-state index contributed by atoms with van der Waals surface area (Å²) in [5, 5.41) is 2.62. The van der Waals surface area contributed by atoms with Gasteiger partial charge in [-0.05, 0) is 30.2 Å². The number of thiophene rings is 1. The van der Waals surface area contributed by atoms with E-state index in [4.69, 9.17) is 4.74 Å². The first kappa shape index (κ1) is 11.9. The third kappa shape index (κ3) is 1.92. The van der Waals surface area contributed by atoms with Crippen LogP contribution in [0, 0.1) is 6.92 Å². The number of aryl methyl sites for hydroxylation is 1. The highest BCUT2D eigenvalue weighted by molar-refractivity contribution is 7.17. The average Bonchev–Trinajstić information content (AvgIpc) is 2.84. The molecule has 2 heterocycles. The number of aromatic amines is 1. The van der Waals surface area contributed by atoms with Gasteiger partial charge in [0.15, 0.2) is 0 Å². The van der Waals surface area contributed by atoms with Crippen LogP contribution in [0.2, 0.25) is 0 Å². The Balaban J connectivity index is 2.25. The van der Waals surface area contributed by atoms with Crippen LogP contribution >= 0.6 is 11.3 Å². The Morgan fingerprint density at radius 3 is 2.95 bits per heavy atom.